The molecule has 0 aliphatic heterocycles. The fourth-order valence-electron chi connectivity index (χ4n) is 1.76. The molecule has 0 saturated heterocycles. The Balaban J connectivity index is 2.20. The van der Waals surface area contributed by atoms with Gasteiger partial charge in [-0.15, -0.1) is 23.1 Å². The van der Waals surface area contributed by atoms with Crippen LogP contribution in [-0.2, 0) is 0 Å². The number of thiophene rings is 1. The van der Waals surface area contributed by atoms with E-state index in [4.69, 9.17) is 0 Å². The van der Waals surface area contributed by atoms with Gasteiger partial charge in [-0.1, -0.05) is 19.9 Å². The van der Waals surface area contributed by atoms with Crippen molar-refractivity contribution in [1.29, 1.82) is 0 Å². The molecule has 3 nitrogen and oxygen atoms in total. The van der Waals surface area contributed by atoms with E-state index < -0.39 is 0 Å². The number of thioether (sulfide) groups is 1. The average molecular weight is 287 g/mol. The van der Waals surface area contributed by atoms with Gasteiger partial charge in [-0.2, -0.15) is 0 Å². The molecule has 0 unspecified atom stereocenters. The average Bonchev–Trinajstić information content (AvgIpc) is 2.92. The number of rotatable bonds is 3. The van der Waals surface area contributed by atoms with Crippen molar-refractivity contribution in [3.8, 4) is 10.7 Å². The summed E-state index contributed by atoms with van der Waals surface area (Å²) in [7, 11) is 0. The first-order valence-corrected chi connectivity index (χ1v) is 7.83. The molecule has 0 spiro atoms. The molecule has 96 valence electrons. The predicted molar refractivity (Wildman–Crippen MR) is 81.6 cm³/mol. The molecule has 0 fully saturated rings. The zero-order valence-electron chi connectivity index (χ0n) is 10.7. The molecule has 0 aromatic carbocycles. The fourth-order valence-corrected chi connectivity index (χ4v) is 3.27. The van der Waals surface area contributed by atoms with Gasteiger partial charge in [-0.05, 0) is 23.6 Å². The van der Waals surface area contributed by atoms with Crippen molar-refractivity contribution < 1.29 is 0 Å². The van der Waals surface area contributed by atoms with Crippen molar-refractivity contribution in [1.82, 2.24) is 15.0 Å². The first kappa shape index (κ1) is 12.6. The molecule has 0 aliphatic rings. The van der Waals surface area contributed by atoms with Gasteiger partial charge in [0, 0.05) is 11.4 Å². The zero-order chi connectivity index (χ0) is 13.2. The Bertz CT molecular complexity index is 693. The monoisotopic (exact) mass is 287 g/mol. The maximum Gasteiger partial charge on any atom is 0.171 e. The lowest BCUT2D eigenvalue weighted by Gasteiger charge is -2.08. The molecule has 0 bridgehead atoms. The van der Waals surface area contributed by atoms with Crippen LogP contribution in [0, 0.1) is 0 Å². The largest absolute Gasteiger partial charge is 0.252 e. The van der Waals surface area contributed by atoms with Gasteiger partial charge in [0.25, 0.3) is 0 Å². The third kappa shape index (κ3) is 2.62. The Morgan fingerprint density at radius 2 is 2.05 bits per heavy atom. The summed E-state index contributed by atoms with van der Waals surface area (Å²) in [6.07, 6.45) is 1.79. The van der Waals surface area contributed by atoms with E-state index in [0.29, 0.717) is 5.25 Å². The highest BCUT2D eigenvalue weighted by atomic mass is 32.2. The first-order chi connectivity index (χ1) is 9.24. The van der Waals surface area contributed by atoms with E-state index in [1.54, 1.807) is 29.3 Å². The molecule has 3 heterocycles. The lowest BCUT2D eigenvalue weighted by Crippen LogP contribution is -1.97. The number of fused-ring (bicyclic) bond motifs is 1. The van der Waals surface area contributed by atoms with E-state index in [9.17, 15) is 0 Å². The molecule has 0 aliphatic carbocycles. The second-order valence-electron chi connectivity index (χ2n) is 4.37. The minimum absolute atomic E-state index is 0.469. The van der Waals surface area contributed by atoms with Crippen molar-refractivity contribution in [3.05, 3.63) is 35.8 Å². The van der Waals surface area contributed by atoms with Gasteiger partial charge < -0.3 is 0 Å². The Morgan fingerprint density at radius 3 is 2.79 bits per heavy atom. The van der Waals surface area contributed by atoms with Crippen LogP contribution < -0.4 is 0 Å². The number of pyridine rings is 1. The minimum Gasteiger partial charge on any atom is -0.252 e. The quantitative estimate of drug-likeness (QED) is 0.533. The van der Waals surface area contributed by atoms with Crippen molar-refractivity contribution in [2.75, 3.05) is 0 Å². The van der Waals surface area contributed by atoms with E-state index >= 15 is 0 Å². The van der Waals surface area contributed by atoms with Crippen LogP contribution in [0.2, 0.25) is 0 Å². The third-order valence-electron chi connectivity index (χ3n) is 2.51. The molecule has 0 amide bonds. The topological polar surface area (TPSA) is 38.7 Å². The molecule has 0 radical (unpaired) electrons. The number of aromatic nitrogens is 3. The number of hydrogen-bond donors (Lipinski definition) is 0. The van der Waals surface area contributed by atoms with E-state index in [-0.39, 0.29) is 0 Å². The SMILES string of the molecule is CC(C)Sc1nc(-c2cccs2)nc2cccnc12. The molecule has 3 aromatic rings. The lowest BCUT2D eigenvalue weighted by molar-refractivity contribution is 1.06. The summed E-state index contributed by atoms with van der Waals surface area (Å²) < 4.78 is 0. The van der Waals surface area contributed by atoms with Crippen molar-refractivity contribution in [2.24, 2.45) is 0 Å². The van der Waals surface area contributed by atoms with Gasteiger partial charge in [-0.3, -0.25) is 4.98 Å². The van der Waals surface area contributed by atoms with Crippen LogP contribution >= 0.6 is 23.1 Å². The molecular weight excluding hydrogens is 274 g/mol. The van der Waals surface area contributed by atoms with Gasteiger partial charge in [0.1, 0.15) is 10.5 Å². The third-order valence-corrected chi connectivity index (χ3v) is 4.36. The summed E-state index contributed by atoms with van der Waals surface area (Å²) in [5.74, 6) is 0.790. The van der Waals surface area contributed by atoms with E-state index in [2.05, 4.69) is 28.8 Å². The maximum absolute atomic E-state index is 4.68. The van der Waals surface area contributed by atoms with Gasteiger partial charge in [0.05, 0.1) is 10.4 Å². The summed E-state index contributed by atoms with van der Waals surface area (Å²) in [6.45, 7) is 4.32. The Hall–Kier alpha value is -1.46. The zero-order valence-corrected chi connectivity index (χ0v) is 12.3. The Morgan fingerprint density at radius 1 is 1.16 bits per heavy atom. The van der Waals surface area contributed by atoms with Crippen LogP contribution in [0.25, 0.3) is 21.7 Å². The summed E-state index contributed by atoms with van der Waals surface area (Å²) in [5, 5.41) is 3.47. The van der Waals surface area contributed by atoms with Crippen LogP contribution in [-0.4, -0.2) is 20.2 Å². The Kier molecular flexibility index (Phi) is 3.48. The number of nitrogens with zero attached hydrogens (tertiary/aromatic N) is 3. The van der Waals surface area contributed by atoms with Crippen molar-refractivity contribution in [3.63, 3.8) is 0 Å². The highest BCUT2D eigenvalue weighted by molar-refractivity contribution is 8.00. The highest BCUT2D eigenvalue weighted by Crippen LogP contribution is 2.30. The summed E-state index contributed by atoms with van der Waals surface area (Å²) in [4.78, 5) is 14.8. The van der Waals surface area contributed by atoms with Gasteiger partial charge in [0.15, 0.2) is 5.82 Å². The molecule has 0 atom stereocenters. The molecule has 19 heavy (non-hydrogen) atoms. The molecule has 5 heteroatoms. The van der Waals surface area contributed by atoms with Crippen LogP contribution in [0.4, 0.5) is 0 Å². The van der Waals surface area contributed by atoms with Crippen LogP contribution in [0.15, 0.2) is 40.9 Å². The maximum atomic E-state index is 4.68. The minimum atomic E-state index is 0.469. The standard InChI is InChI=1S/C14H13N3S2/c1-9(2)19-14-12-10(5-3-7-15-12)16-13(17-14)11-6-4-8-18-11/h3-9H,1-2H3. The Labute approximate surface area is 120 Å². The van der Waals surface area contributed by atoms with Crippen LogP contribution in [0.1, 0.15) is 13.8 Å². The van der Waals surface area contributed by atoms with E-state index in [1.165, 1.54) is 0 Å². The van der Waals surface area contributed by atoms with Gasteiger partial charge >= 0.3 is 0 Å². The van der Waals surface area contributed by atoms with Crippen molar-refractivity contribution in [2.45, 2.75) is 24.1 Å². The van der Waals surface area contributed by atoms with Crippen LogP contribution in [0.5, 0.6) is 0 Å². The first-order valence-electron chi connectivity index (χ1n) is 6.07. The van der Waals surface area contributed by atoms with Crippen LogP contribution in [0.3, 0.4) is 0 Å². The van der Waals surface area contributed by atoms with Gasteiger partial charge in [0.2, 0.25) is 0 Å². The summed E-state index contributed by atoms with van der Waals surface area (Å²) in [5.41, 5.74) is 1.80. The molecule has 0 saturated carbocycles. The van der Waals surface area contributed by atoms with E-state index in [1.807, 2.05) is 29.6 Å². The van der Waals surface area contributed by atoms with Gasteiger partial charge in [-0.25, -0.2) is 9.97 Å². The second kappa shape index (κ2) is 5.27. The van der Waals surface area contributed by atoms with Crippen molar-refractivity contribution >= 4 is 34.1 Å². The number of hydrogen-bond acceptors (Lipinski definition) is 5. The fraction of sp³-hybridized carbons (Fsp3) is 0.214. The predicted octanol–water partition coefficient (Wildman–Crippen LogP) is 4.25. The smallest absolute Gasteiger partial charge is 0.171 e. The van der Waals surface area contributed by atoms with E-state index in [0.717, 1.165) is 26.8 Å². The molecule has 0 N–H and O–H groups in total. The summed E-state index contributed by atoms with van der Waals surface area (Å²) >= 11 is 3.39. The lowest BCUT2D eigenvalue weighted by atomic mass is 10.3. The normalized spacial score (nSPS) is 11.3. The summed E-state index contributed by atoms with van der Waals surface area (Å²) in [6, 6.07) is 7.97. The molecular formula is C14H13N3S2. The second-order valence-corrected chi connectivity index (χ2v) is 6.88. The molecule has 3 rings (SSSR count). The highest BCUT2D eigenvalue weighted by Gasteiger charge is 2.12. The molecule has 3 aromatic heterocycles.